The van der Waals surface area contributed by atoms with Gasteiger partial charge in [0.15, 0.2) is 0 Å². The van der Waals surface area contributed by atoms with Crippen LogP contribution in [0, 0.1) is 12.8 Å². The molecule has 0 bridgehead atoms. The van der Waals surface area contributed by atoms with Crippen molar-refractivity contribution in [1.82, 2.24) is 5.32 Å². The molecule has 18 heavy (non-hydrogen) atoms. The number of rotatable bonds is 6. The van der Waals surface area contributed by atoms with Crippen LogP contribution in [0.25, 0.3) is 0 Å². The van der Waals surface area contributed by atoms with Crippen molar-refractivity contribution in [3.8, 4) is 0 Å². The predicted molar refractivity (Wildman–Crippen MR) is 73.2 cm³/mol. The lowest BCUT2D eigenvalue weighted by atomic mass is 10.1. The Bertz CT molecular complexity index is 413. The summed E-state index contributed by atoms with van der Waals surface area (Å²) in [6.45, 7) is 2.79. The molecule has 0 spiro atoms. The standard InChI is InChI=1S/C15H22N2O/c1-11-4-2-3-5-12(11)8-9-17-15(18)10-14(16)13-6-7-13/h2-5,13-14H,6-10,16H2,1H3,(H,17,18). The highest BCUT2D eigenvalue weighted by atomic mass is 16.1. The Morgan fingerprint density at radius 2 is 2.17 bits per heavy atom. The van der Waals surface area contributed by atoms with E-state index in [2.05, 4.69) is 24.4 Å². The number of benzene rings is 1. The van der Waals surface area contributed by atoms with Crippen LogP contribution in [0.3, 0.4) is 0 Å². The number of carbonyl (C=O) groups is 1. The molecule has 0 heterocycles. The highest BCUT2D eigenvalue weighted by Gasteiger charge is 2.29. The van der Waals surface area contributed by atoms with Gasteiger partial charge in [-0.2, -0.15) is 0 Å². The number of nitrogens with two attached hydrogens (primary N) is 1. The average Bonchev–Trinajstić information content (AvgIpc) is 3.15. The summed E-state index contributed by atoms with van der Waals surface area (Å²) in [5, 5.41) is 2.95. The van der Waals surface area contributed by atoms with Crippen LogP contribution in [0.5, 0.6) is 0 Å². The second kappa shape index (κ2) is 6.01. The molecule has 3 N–H and O–H groups in total. The van der Waals surface area contributed by atoms with Crippen LogP contribution >= 0.6 is 0 Å². The SMILES string of the molecule is Cc1ccccc1CCNC(=O)CC(N)C1CC1. The largest absolute Gasteiger partial charge is 0.356 e. The van der Waals surface area contributed by atoms with Crippen molar-refractivity contribution >= 4 is 5.91 Å². The number of carbonyl (C=O) groups excluding carboxylic acids is 1. The zero-order valence-corrected chi connectivity index (χ0v) is 11.0. The molecule has 3 nitrogen and oxygen atoms in total. The molecule has 1 saturated carbocycles. The molecule has 1 fully saturated rings. The van der Waals surface area contributed by atoms with Gasteiger partial charge in [0, 0.05) is 19.0 Å². The zero-order chi connectivity index (χ0) is 13.0. The van der Waals surface area contributed by atoms with E-state index in [1.165, 1.54) is 24.0 Å². The first-order chi connectivity index (χ1) is 8.66. The maximum absolute atomic E-state index is 11.7. The van der Waals surface area contributed by atoms with Crippen molar-refractivity contribution in [3.63, 3.8) is 0 Å². The van der Waals surface area contributed by atoms with Gasteiger partial charge in [-0.15, -0.1) is 0 Å². The van der Waals surface area contributed by atoms with E-state index in [-0.39, 0.29) is 11.9 Å². The van der Waals surface area contributed by atoms with Gasteiger partial charge in [-0.1, -0.05) is 24.3 Å². The molecule has 1 aliphatic carbocycles. The topological polar surface area (TPSA) is 55.1 Å². The number of amides is 1. The molecule has 1 atom stereocenters. The summed E-state index contributed by atoms with van der Waals surface area (Å²) in [5.74, 6) is 0.676. The first-order valence-corrected chi connectivity index (χ1v) is 6.73. The number of hydrogen-bond acceptors (Lipinski definition) is 2. The molecule has 3 heteroatoms. The van der Waals surface area contributed by atoms with E-state index in [1.54, 1.807) is 0 Å². The van der Waals surface area contributed by atoms with Crippen molar-refractivity contribution in [2.75, 3.05) is 6.54 Å². The summed E-state index contributed by atoms with van der Waals surface area (Å²) >= 11 is 0. The third-order valence-electron chi connectivity index (χ3n) is 3.63. The molecule has 0 aliphatic heterocycles. The van der Waals surface area contributed by atoms with E-state index < -0.39 is 0 Å². The van der Waals surface area contributed by atoms with Crippen LogP contribution in [0.1, 0.15) is 30.4 Å². The summed E-state index contributed by atoms with van der Waals surface area (Å²) < 4.78 is 0. The second-order valence-electron chi connectivity index (χ2n) is 5.23. The minimum Gasteiger partial charge on any atom is -0.356 e. The van der Waals surface area contributed by atoms with Gasteiger partial charge in [-0.25, -0.2) is 0 Å². The highest BCUT2D eigenvalue weighted by molar-refractivity contribution is 5.76. The fourth-order valence-corrected chi connectivity index (χ4v) is 2.20. The highest BCUT2D eigenvalue weighted by Crippen LogP contribution is 2.32. The molecule has 2 rings (SSSR count). The van der Waals surface area contributed by atoms with E-state index in [1.807, 2.05) is 12.1 Å². The first kappa shape index (κ1) is 13.1. The van der Waals surface area contributed by atoms with Crippen molar-refractivity contribution in [2.24, 2.45) is 11.7 Å². The number of aryl methyl sites for hydroxylation is 1. The monoisotopic (exact) mass is 246 g/mol. The summed E-state index contributed by atoms with van der Waals surface area (Å²) in [7, 11) is 0. The van der Waals surface area contributed by atoms with Gasteiger partial charge in [-0.05, 0) is 43.2 Å². The van der Waals surface area contributed by atoms with Crippen molar-refractivity contribution < 1.29 is 4.79 Å². The van der Waals surface area contributed by atoms with Crippen LogP contribution in [0.4, 0.5) is 0 Å². The zero-order valence-electron chi connectivity index (χ0n) is 11.0. The van der Waals surface area contributed by atoms with Crippen LogP contribution in [-0.2, 0) is 11.2 Å². The molecular formula is C15H22N2O. The molecule has 1 amide bonds. The minimum atomic E-state index is 0.0588. The molecule has 1 aromatic carbocycles. The van der Waals surface area contributed by atoms with Crippen molar-refractivity contribution in [1.29, 1.82) is 0 Å². The van der Waals surface area contributed by atoms with E-state index in [0.29, 0.717) is 18.9 Å². The van der Waals surface area contributed by atoms with Gasteiger partial charge in [0.2, 0.25) is 5.91 Å². The molecule has 1 unspecified atom stereocenters. The number of hydrogen-bond donors (Lipinski definition) is 2. The van der Waals surface area contributed by atoms with Gasteiger partial charge in [0.25, 0.3) is 0 Å². The van der Waals surface area contributed by atoms with Crippen LogP contribution in [0.2, 0.25) is 0 Å². The summed E-state index contributed by atoms with van der Waals surface area (Å²) in [6.07, 6.45) is 3.74. The van der Waals surface area contributed by atoms with Gasteiger partial charge in [-0.3, -0.25) is 4.79 Å². The van der Waals surface area contributed by atoms with Gasteiger partial charge < -0.3 is 11.1 Å². The van der Waals surface area contributed by atoms with Gasteiger partial charge in [0.05, 0.1) is 0 Å². The van der Waals surface area contributed by atoms with Crippen molar-refractivity contribution in [2.45, 2.75) is 38.6 Å². The Hall–Kier alpha value is -1.35. The van der Waals surface area contributed by atoms with E-state index in [0.717, 1.165) is 6.42 Å². The Balaban J connectivity index is 1.68. The first-order valence-electron chi connectivity index (χ1n) is 6.73. The molecule has 98 valence electrons. The third kappa shape index (κ3) is 3.84. The quantitative estimate of drug-likeness (QED) is 0.804. The predicted octanol–water partition coefficient (Wildman–Crippen LogP) is 1.78. The Kier molecular flexibility index (Phi) is 4.37. The molecule has 1 aromatic rings. The minimum absolute atomic E-state index is 0.0588. The Morgan fingerprint density at radius 1 is 1.44 bits per heavy atom. The summed E-state index contributed by atoms with van der Waals surface area (Å²) in [6, 6.07) is 8.33. The maximum atomic E-state index is 11.7. The van der Waals surface area contributed by atoms with E-state index in [9.17, 15) is 4.79 Å². The van der Waals surface area contributed by atoms with E-state index >= 15 is 0 Å². The fraction of sp³-hybridized carbons (Fsp3) is 0.533. The number of nitrogens with one attached hydrogen (secondary N) is 1. The van der Waals surface area contributed by atoms with Crippen molar-refractivity contribution in [3.05, 3.63) is 35.4 Å². The van der Waals surface area contributed by atoms with Crippen LogP contribution < -0.4 is 11.1 Å². The normalized spacial score (nSPS) is 16.3. The lowest BCUT2D eigenvalue weighted by Gasteiger charge is -2.11. The lowest BCUT2D eigenvalue weighted by Crippen LogP contribution is -2.33. The average molecular weight is 246 g/mol. The van der Waals surface area contributed by atoms with Crippen LogP contribution in [-0.4, -0.2) is 18.5 Å². The molecule has 0 radical (unpaired) electrons. The maximum Gasteiger partial charge on any atom is 0.221 e. The molecular weight excluding hydrogens is 224 g/mol. The Morgan fingerprint density at radius 3 is 2.83 bits per heavy atom. The smallest absolute Gasteiger partial charge is 0.221 e. The van der Waals surface area contributed by atoms with Gasteiger partial charge >= 0.3 is 0 Å². The molecule has 0 saturated heterocycles. The van der Waals surface area contributed by atoms with E-state index in [4.69, 9.17) is 5.73 Å². The second-order valence-corrected chi connectivity index (χ2v) is 5.23. The molecule has 0 aromatic heterocycles. The van der Waals surface area contributed by atoms with Gasteiger partial charge in [0.1, 0.15) is 0 Å². The fourth-order valence-electron chi connectivity index (χ4n) is 2.20. The van der Waals surface area contributed by atoms with Crippen LogP contribution in [0.15, 0.2) is 24.3 Å². The summed E-state index contributed by atoms with van der Waals surface area (Å²) in [4.78, 5) is 11.7. The third-order valence-corrected chi connectivity index (χ3v) is 3.63. The lowest BCUT2D eigenvalue weighted by molar-refractivity contribution is -0.121. The summed E-state index contributed by atoms with van der Waals surface area (Å²) in [5.41, 5.74) is 8.50. The molecule has 1 aliphatic rings. The Labute approximate surface area is 109 Å².